The van der Waals surface area contributed by atoms with Crippen LogP contribution in [0.5, 0.6) is 5.75 Å². The maximum Gasteiger partial charge on any atom is 1.00 e. The van der Waals surface area contributed by atoms with Gasteiger partial charge >= 0.3 is 71.9 Å². The molecule has 4 rings (SSSR count). The Hall–Kier alpha value is -1.60. The minimum atomic E-state index is -5.30. The van der Waals surface area contributed by atoms with Crippen molar-refractivity contribution in [2.75, 3.05) is 30.4 Å². The molecule has 1 aliphatic heterocycles. The second kappa shape index (κ2) is 19.6. The van der Waals surface area contributed by atoms with Crippen molar-refractivity contribution in [3.8, 4) is 5.75 Å². The second-order valence-electron chi connectivity index (χ2n) is 11.0. The van der Waals surface area contributed by atoms with E-state index in [0.29, 0.717) is 11.3 Å². The van der Waals surface area contributed by atoms with Crippen molar-refractivity contribution in [3.63, 3.8) is 0 Å². The summed E-state index contributed by atoms with van der Waals surface area (Å²) in [5, 5.41) is 2.72. The number of rotatable bonds is 15. The zero-order valence-corrected chi connectivity index (χ0v) is 33.6. The van der Waals surface area contributed by atoms with Crippen LogP contribution in [0, 0.1) is 0 Å². The van der Waals surface area contributed by atoms with E-state index in [9.17, 15) is 49.5 Å². The van der Waals surface area contributed by atoms with Gasteiger partial charge in [-0.1, -0.05) is 19.1 Å². The quantitative estimate of drug-likeness (QED) is 0.109. The number of anilines is 1. The molecule has 20 heteroatoms. The molecule has 0 radical (unpaired) electrons. The fourth-order valence-electron chi connectivity index (χ4n) is 5.26. The summed E-state index contributed by atoms with van der Waals surface area (Å²) in [7, 11) is -8.82. The number of alkyl halides is 5. The molecule has 1 N–H and O–H groups in total. The van der Waals surface area contributed by atoms with Crippen LogP contribution in [0.2, 0.25) is 0 Å². The Kier molecular flexibility index (Phi) is 17.5. The Morgan fingerprint density at radius 1 is 1.00 bits per heavy atom. The van der Waals surface area contributed by atoms with E-state index in [1.165, 1.54) is 55.5 Å². The summed E-state index contributed by atoms with van der Waals surface area (Å²) in [6.07, 6.45) is -5.06. The summed E-state index contributed by atoms with van der Waals surface area (Å²) in [5.41, 5.74) is 0.219. The van der Waals surface area contributed by atoms with Gasteiger partial charge in [0.25, 0.3) is 5.91 Å². The van der Waals surface area contributed by atoms with Gasteiger partial charge in [0.05, 0.1) is 55.9 Å². The van der Waals surface area contributed by atoms with Crippen LogP contribution < -0.4 is 83.9 Å². The number of carbonyl (C=O) groups excluding carboxylic acids is 1. The van der Waals surface area contributed by atoms with E-state index in [1.807, 2.05) is 0 Å². The summed E-state index contributed by atoms with van der Waals surface area (Å²) in [6.45, 7) is -2.33. The Morgan fingerprint density at radius 2 is 1.61 bits per heavy atom. The number of hydrogen-bond acceptors (Lipinski definition) is 10. The number of halogens is 5. The van der Waals surface area contributed by atoms with Crippen molar-refractivity contribution in [1.82, 2.24) is 5.32 Å². The van der Waals surface area contributed by atoms with Crippen LogP contribution in [0.1, 0.15) is 47.3 Å². The molecular formula is C31H32F5N2Na2O9PS. The van der Waals surface area contributed by atoms with E-state index in [2.05, 4.69) is 14.6 Å². The predicted octanol–water partition coefficient (Wildman–Crippen LogP) is -1.52. The molecule has 0 bridgehead atoms. The number of ether oxygens (including phenoxy) is 2. The van der Waals surface area contributed by atoms with E-state index in [1.54, 1.807) is 17.0 Å². The molecule has 1 saturated heterocycles. The van der Waals surface area contributed by atoms with Gasteiger partial charge in [-0.2, -0.15) is 22.0 Å². The monoisotopic (exact) mass is 780 g/mol. The molecule has 1 aliphatic rings. The molecule has 3 aromatic rings. The number of nitrogens with zero attached hydrogens (tertiary/aromatic N) is 1. The smallest absolute Gasteiger partial charge is 0.790 e. The van der Waals surface area contributed by atoms with E-state index >= 15 is 0 Å². The average Bonchev–Trinajstić information content (AvgIpc) is 3.45. The molecule has 11 nitrogen and oxygen atoms in total. The van der Waals surface area contributed by atoms with Crippen LogP contribution in [-0.2, 0) is 29.8 Å². The first kappa shape index (κ1) is 45.6. The summed E-state index contributed by atoms with van der Waals surface area (Å²) in [6, 6.07) is 14.2. The molecule has 0 spiro atoms. The normalized spacial score (nSPS) is 17.0. The summed E-state index contributed by atoms with van der Waals surface area (Å²) < 4.78 is 115. The van der Waals surface area contributed by atoms with Crippen molar-refractivity contribution in [1.29, 1.82) is 0 Å². The van der Waals surface area contributed by atoms with Crippen LogP contribution in [-0.4, -0.2) is 58.6 Å². The largest absolute Gasteiger partial charge is 1.00 e. The number of hydrogen-bond donors (Lipinski definition) is 1. The number of nitrogens with one attached hydrogen (secondary N) is 1. The molecule has 3 aromatic carbocycles. The maximum atomic E-state index is 13.2. The fraction of sp³-hybridized carbons (Fsp3) is 0.387. The van der Waals surface area contributed by atoms with Gasteiger partial charge in [0.2, 0.25) is 0 Å². The Bertz CT molecular complexity index is 1720. The minimum absolute atomic E-state index is 0. The minimum Gasteiger partial charge on any atom is -0.790 e. The van der Waals surface area contributed by atoms with E-state index in [0.717, 1.165) is 12.1 Å². The number of sulfone groups is 1. The molecule has 3 atom stereocenters. The number of phosphoric ester groups is 1. The van der Waals surface area contributed by atoms with E-state index < -0.39 is 66.7 Å². The zero-order valence-electron chi connectivity index (χ0n) is 27.8. The fourth-order valence-corrected chi connectivity index (χ4v) is 6.47. The van der Waals surface area contributed by atoms with Crippen LogP contribution in [0.4, 0.5) is 27.6 Å². The third-order valence-electron chi connectivity index (χ3n) is 7.72. The van der Waals surface area contributed by atoms with Crippen LogP contribution in [0.15, 0.2) is 77.7 Å². The van der Waals surface area contributed by atoms with Gasteiger partial charge in [0.1, 0.15) is 11.9 Å². The molecule has 1 amide bonds. The molecule has 0 unspecified atom stereocenters. The number of carbonyl (C=O) groups is 1. The number of amides is 1. The molecule has 268 valence electrons. The van der Waals surface area contributed by atoms with Gasteiger partial charge in [0, 0.05) is 17.7 Å². The molecule has 1 fully saturated rings. The first-order valence-electron chi connectivity index (χ1n) is 14.9. The third kappa shape index (κ3) is 13.6. The Balaban J connectivity index is 0.00000451. The number of benzene rings is 3. The standard InChI is InChI=1S/C31H34F5N2O9PS.2Na/c1-2-49(43,44)27-13-5-20(6-14-27)28(15-16-46-48(40,41)42)37-29(39)21-3-9-23(10-4-21)38-18-26(17-24(38)19-45-30(32)33)47-25-11-7-22(8-12-25)31(34,35)36;;/h3-14,24,26,28,30H,2,15-19H2,1H3,(H,37,39)(H2,40,41,42);;/q;2*+1/p-2/t24-,26-,28-;;/m0../s1. The van der Waals surface area contributed by atoms with Crippen molar-refractivity contribution >= 4 is 29.3 Å². The van der Waals surface area contributed by atoms with Crippen LogP contribution in [0.25, 0.3) is 0 Å². The van der Waals surface area contributed by atoms with E-state index in [4.69, 9.17) is 4.74 Å². The average molecular weight is 781 g/mol. The van der Waals surface area contributed by atoms with Crippen LogP contribution in [0.3, 0.4) is 0 Å². The van der Waals surface area contributed by atoms with Crippen molar-refractivity contribution in [2.24, 2.45) is 0 Å². The van der Waals surface area contributed by atoms with Gasteiger partial charge in [-0.15, -0.1) is 0 Å². The Morgan fingerprint density at radius 3 is 2.14 bits per heavy atom. The van der Waals surface area contributed by atoms with Crippen LogP contribution >= 0.6 is 7.82 Å². The molecule has 51 heavy (non-hydrogen) atoms. The van der Waals surface area contributed by atoms with Gasteiger partial charge in [0.15, 0.2) is 9.84 Å². The van der Waals surface area contributed by atoms with E-state index in [-0.39, 0.29) is 107 Å². The Labute approximate surface area is 336 Å². The first-order valence-corrected chi connectivity index (χ1v) is 18.0. The topological polar surface area (TPSA) is 157 Å². The predicted molar refractivity (Wildman–Crippen MR) is 163 cm³/mol. The third-order valence-corrected chi connectivity index (χ3v) is 9.97. The molecule has 1 heterocycles. The van der Waals surface area contributed by atoms with Gasteiger partial charge < -0.3 is 38.6 Å². The maximum absolute atomic E-state index is 13.2. The first-order chi connectivity index (χ1) is 22.9. The van der Waals surface area contributed by atoms with Crippen molar-refractivity contribution < 1.29 is 123 Å². The molecular weight excluding hydrogens is 748 g/mol. The van der Waals surface area contributed by atoms with Gasteiger partial charge in [-0.25, -0.2) is 8.42 Å². The SMILES string of the molecule is CCS(=O)(=O)c1ccc([C@H](CCOP(=O)([O-])[O-])NC(=O)c2ccc(N3C[C@@H](Oc4ccc(C(F)(F)F)cc4)C[C@H]3COC(F)F)cc2)cc1.[Na+].[Na+]. The summed E-state index contributed by atoms with van der Waals surface area (Å²) in [5.74, 6) is -0.588. The van der Waals surface area contributed by atoms with Crippen molar-refractivity contribution in [2.45, 2.75) is 55.6 Å². The van der Waals surface area contributed by atoms with Gasteiger partial charge in [-0.3, -0.25) is 4.79 Å². The molecule has 0 aromatic heterocycles. The van der Waals surface area contributed by atoms with Crippen molar-refractivity contribution in [3.05, 3.63) is 89.5 Å². The van der Waals surface area contributed by atoms with Gasteiger partial charge in [-0.05, 0) is 72.6 Å². The second-order valence-corrected chi connectivity index (χ2v) is 14.4. The number of phosphoric acid groups is 1. The summed E-state index contributed by atoms with van der Waals surface area (Å²) >= 11 is 0. The zero-order chi connectivity index (χ0) is 36.0. The molecule has 0 aliphatic carbocycles. The summed E-state index contributed by atoms with van der Waals surface area (Å²) in [4.78, 5) is 37.0. The molecule has 0 saturated carbocycles.